The van der Waals surface area contributed by atoms with Gasteiger partial charge in [0.1, 0.15) is 0 Å². The molecule has 0 bridgehead atoms. The first-order chi connectivity index (χ1) is 11.3. The van der Waals surface area contributed by atoms with Gasteiger partial charge in [-0.1, -0.05) is 12.1 Å². The monoisotopic (exact) mass is 312 g/mol. The highest BCUT2D eigenvalue weighted by atomic mass is 16.5. The summed E-state index contributed by atoms with van der Waals surface area (Å²) in [6.45, 7) is 6.61. The topological polar surface area (TPSA) is 25.4 Å². The summed E-state index contributed by atoms with van der Waals surface area (Å²) in [6, 6.07) is 8.61. The van der Waals surface area contributed by atoms with E-state index in [0.717, 1.165) is 24.6 Å². The van der Waals surface area contributed by atoms with Crippen LogP contribution in [-0.2, 0) is 11.3 Å². The minimum absolute atomic E-state index is 0.826. The van der Waals surface area contributed by atoms with Gasteiger partial charge in [-0.05, 0) is 68.3 Å². The number of rotatable bonds is 6. The number of hydrogen-bond acceptors (Lipinski definition) is 3. The van der Waals surface area contributed by atoms with E-state index in [2.05, 4.69) is 41.1 Å². The van der Waals surface area contributed by atoms with Gasteiger partial charge >= 0.3 is 0 Å². The fourth-order valence-electron chi connectivity index (χ4n) is 3.80. The summed E-state index contributed by atoms with van der Waals surface area (Å²) < 4.78 is 5.20. The molecule has 1 fully saturated rings. The Balaban J connectivity index is 1.70. The number of benzene rings is 1. The number of likely N-dealkylation sites (tertiary alicyclic amines) is 1. The van der Waals surface area contributed by atoms with Crippen LogP contribution in [0.2, 0.25) is 0 Å². The van der Waals surface area contributed by atoms with E-state index in [1.165, 1.54) is 55.3 Å². The number of fused-ring (bicyclic) bond motifs is 1. The SMILES string of the molecule is COCCC[C@H]1CCCN(Cc2c(C)ccc3ncccc23)C1. The standard InChI is InChI=1S/C20H28N2O/c1-16-9-10-20-18(8-3-11-21-20)19(16)15-22-12-4-6-17(14-22)7-5-13-23-2/h3,8-11,17H,4-7,12-15H2,1-2H3/t17-/m1/s1. The molecule has 3 heteroatoms. The number of methoxy groups -OCH3 is 1. The highest BCUT2D eigenvalue weighted by molar-refractivity contribution is 5.83. The van der Waals surface area contributed by atoms with Crippen LogP contribution in [0.3, 0.4) is 0 Å². The predicted molar refractivity (Wildman–Crippen MR) is 95.6 cm³/mol. The molecule has 0 radical (unpaired) electrons. The number of aryl methyl sites for hydroxylation is 1. The van der Waals surface area contributed by atoms with Gasteiger partial charge in [0, 0.05) is 38.4 Å². The molecule has 3 nitrogen and oxygen atoms in total. The van der Waals surface area contributed by atoms with Gasteiger partial charge in [0.25, 0.3) is 0 Å². The fraction of sp³-hybridized carbons (Fsp3) is 0.550. The lowest BCUT2D eigenvalue weighted by Gasteiger charge is -2.33. The second-order valence-electron chi connectivity index (χ2n) is 6.81. The third kappa shape index (κ3) is 4.10. The van der Waals surface area contributed by atoms with Gasteiger partial charge in [0.15, 0.2) is 0 Å². The van der Waals surface area contributed by atoms with E-state index in [4.69, 9.17) is 4.74 Å². The van der Waals surface area contributed by atoms with E-state index in [-0.39, 0.29) is 0 Å². The van der Waals surface area contributed by atoms with E-state index in [1.807, 2.05) is 6.20 Å². The van der Waals surface area contributed by atoms with E-state index in [0.29, 0.717) is 0 Å². The molecule has 1 aromatic carbocycles. The van der Waals surface area contributed by atoms with Gasteiger partial charge in [-0.25, -0.2) is 0 Å². The molecule has 0 spiro atoms. The second-order valence-corrected chi connectivity index (χ2v) is 6.81. The molecular weight excluding hydrogens is 284 g/mol. The molecule has 2 aromatic rings. The quantitative estimate of drug-likeness (QED) is 0.748. The molecule has 1 aliphatic heterocycles. The molecule has 1 aliphatic rings. The second kappa shape index (κ2) is 7.89. The lowest BCUT2D eigenvalue weighted by atomic mass is 9.92. The Labute approximate surface area is 139 Å². The average Bonchev–Trinajstić information content (AvgIpc) is 2.58. The molecule has 23 heavy (non-hydrogen) atoms. The zero-order valence-corrected chi connectivity index (χ0v) is 14.4. The van der Waals surface area contributed by atoms with Crippen molar-refractivity contribution < 1.29 is 4.74 Å². The van der Waals surface area contributed by atoms with Crippen molar-refractivity contribution in [3.8, 4) is 0 Å². The Kier molecular flexibility index (Phi) is 5.63. The van der Waals surface area contributed by atoms with Crippen molar-refractivity contribution in [1.29, 1.82) is 0 Å². The van der Waals surface area contributed by atoms with Crippen molar-refractivity contribution in [3.05, 3.63) is 41.6 Å². The molecule has 124 valence electrons. The number of piperidine rings is 1. The fourth-order valence-corrected chi connectivity index (χ4v) is 3.80. The van der Waals surface area contributed by atoms with Crippen LogP contribution in [0, 0.1) is 12.8 Å². The zero-order chi connectivity index (χ0) is 16.1. The predicted octanol–water partition coefficient (Wildman–Crippen LogP) is 4.18. The molecule has 0 aliphatic carbocycles. The third-order valence-electron chi connectivity index (χ3n) is 5.08. The van der Waals surface area contributed by atoms with Gasteiger partial charge in [-0.15, -0.1) is 0 Å². The summed E-state index contributed by atoms with van der Waals surface area (Å²) >= 11 is 0. The van der Waals surface area contributed by atoms with Crippen LogP contribution < -0.4 is 0 Å². The van der Waals surface area contributed by atoms with Crippen molar-refractivity contribution >= 4 is 10.9 Å². The molecule has 1 aromatic heterocycles. The van der Waals surface area contributed by atoms with Crippen LogP contribution in [0.4, 0.5) is 0 Å². The van der Waals surface area contributed by atoms with E-state index in [1.54, 1.807) is 7.11 Å². The molecule has 0 unspecified atom stereocenters. The minimum Gasteiger partial charge on any atom is -0.385 e. The van der Waals surface area contributed by atoms with Crippen molar-refractivity contribution in [2.24, 2.45) is 5.92 Å². The first-order valence-electron chi connectivity index (χ1n) is 8.82. The van der Waals surface area contributed by atoms with Crippen LogP contribution in [0.5, 0.6) is 0 Å². The summed E-state index contributed by atoms with van der Waals surface area (Å²) in [4.78, 5) is 7.14. The number of ether oxygens (including phenoxy) is 1. The summed E-state index contributed by atoms with van der Waals surface area (Å²) in [5, 5.41) is 1.31. The molecule has 0 N–H and O–H groups in total. The van der Waals surface area contributed by atoms with Crippen LogP contribution in [-0.4, -0.2) is 36.7 Å². The Bertz CT molecular complexity index is 641. The van der Waals surface area contributed by atoms with E-state index >= 15 is 0 Å². The van der Waals surface area contributed by atoms with Gasteiger partial charge in [0.2, 0.25) is 0 Å². The number of hydrogen-bond donors (Lipinski definition) is 0. The van der Waals surface area contributed by atoms with E-state index in [9.17, 15) is 0 Å². The minimum atomic E-state index is 0.826. The summed E-state index contributed by atoms with van der Waals surface area (Å²) in [6.07, 6.45) is 7.05. The normalized spacial score (nSPS) is 19.3. The zero-order valence-electron chi connectivity index (χ0n) is 14.4. The first kappa shape index (κ1) is 16.4. The van der Waals surface area contributed by atoms with E-state index < -0.39 is 0 Å². The van der Waals surface area contributed by atoms with Gasteiger partial charge < -0.3 is 4.74 Å². The van der Waals surface area contributed by atoms with Crippen LogP contribution in [0.25, 0.3) is 10.9 Å². The van der Waals surface area contributed by atoms with Gasteiger partial charge in [-0.3, -0.25) is 9.88 Å². The summed E-state index contributed by atoms with van der Waals surface area (Å²) in [5.74, 6) is 0.826. The van der Waals surface area contributed by atoms with Crippen molar-refractivity contribution in [1.82, 2.24) is 9.88 Å². The van der Waals surface area contributed by atoms with Crippen molar-refractivity contribution in [2.45, 2.75) is 39.2 Å². The maximum Gasteiger partial charge on any atom is 0.0705 e. The molecular formula is C20H28N2O. The largest absolute Gasteiger partial charge is 0.385 e. The molecule has 1 saturated heterocycles. The maximum atomic E-state index is 5.20. The molecule has 2 heterocycles. The van der Waals surface area contributed by atoms with Crippen molar-refractivity contribution in [3.63, 3.8) is 0 Å². The number of pyridine rings is 1. The number of nitrogens with zero attached hydrogens (tertiary/aromatic N) is 2. The molecule has 0 amide bonds. The Morgan fingerprint density at radius 3 is 3.09 bits per heavy atom. The summed E-state index contributed by atoms with van der Waals surface area (Å²) in [5.41, 5.74) is 3.95. The van der Waals surface area contributed by atoms with Crippen molar-refractivity contribution in [2.75, 3.05) is 26.8 Å². The smallest absolute Gasteiger partial charge is 0.0705 e. The lowest BCUT2D eigenvalue weighted by Crippen LogP contribution is -2.35. The maximum absolute atomic E-state index is 5.20. The van der Waals surface area contributed by atoms with Gasteiger partial charge in [0.05, 0.1) is 5.52 Å². The first-order valence-corrected chi connectivity index (χ1v) is 8.82. The molecule has 3 rings (SSSR count). The van der Waals surface area contributed by atoms with Crippen LogP contribution in [0.1, 0.15) is 36.8 Å². The van der Waals surface area contributed by atoms with Crippen LogP contribution >= 0.6 is 0 Å². The molecule has 1 atom stereocenters. The van der Waals surface area contributed by atoms with Crippen LogP contribution in [0.15, 0.2) is 30.5 Å². The lowest BCUT2D eigenvalue weighted by molar-refractivity contribution is 0.143. The third-order valence-corrected chi connectivity index (χ3v) is 5.08. The molecule has 0 saturated carbocycles. The summed E-state index contributed by atoms with van der Waals surface area (Å²) in [7, 11) is 1.80. The highest BCUT2D eigenvalue weighted by Gasteiger charge is 2.20. The Hall–Kier alpha value is -1.45. The number of aromatic nitrogens is 1. The highest BCUT2D eigenvalue weighted by Crippen LogP contribution is 2.26. The van der Waals surface area contributed by atoms with Gasteiger partial charge in [-0.2, -0.15) is 0 Å². The Morgan fingerprint density at radius 2 is 2.22 bits per heavy atom. The Morgan fingerprint density at radius 1 is 1.30 bits per heavy atom. The average molecular weight is 312 g/mol.